The zero-order chi connectivity index (χ0) is 11.6. The quantitative estimate of drug-likeness (QED) is 0.773. The van der Waals surface area contributed by atoms with E-state index in [9.17, 15) is 0 Å². The maximum absolute atomic E-state index is 9.15. The molecule has 4 nitrogen and oxygen atoms in total. The molecule has 0 radical (unpaired) electrons. The van der Waals surface area contributed by atoms with E-state index in [1.54, 1.807) is 0 Å². The summed E-state index contributed by atoms with van der Waals surface area (Å²) in [5, 5.41) is 13.6. The predicted molar refractivity (Wildman–Crippen MR) is 60.8 cm³/mol. The van der Waals surface area contributed by atoms with Crippen LogP contribution in [0.3, 0.4) is 0 Å². The SMILES string of the molecule is CCn1nc(C)c(CC(C)(N)CO)c1C. The van der Waals surface area contributed by atoms with E-state index in [4.69, 9.17) is 10.8 Å². The van der Waals surface area contributed by atoms with E-state index >= 15 is 0 Å². The van der Waals surface area contributed by atoms with Crippen LogP contribution in [0.4, 0.5) is 0 Å². The molecule has 0 aromatic carbocycles. The molecule has 0 aliphatic rings. The number of aromatic nitrogens is 2. The van der Waals surface area contributed by atoms with Crippen molar-refractivity contribution >= 4 is 0 Å². The molecule has 86 valence electrons. The molecule has 0 aliphatic heterocycles. The molecule has 0 saturated carbocycles. The van der Waals surface area contributed by atoms with Gasteiger partial charge in [0.2, 0.25) is 0 Å². The van der Waals surface area contributed by atoms with Gasteiger partial charge in [0.15, 0.2) is 0 Å². The third-order valence-electron chi connectivity index (χ3n) is 2.77. The Morgan fingerprint density at radius 2 is 2.07 bits per heavy atom. The van der Waals surface area contributed by atoms with Gasteiger partial charge in [-0.25, -0.2) is 0 Å². The van der Waals surface area contributed by atoms with Crippen LogP contribution in [-0.4, -0.2) is 27.0 Å². The first-order chi connectivity index (χ1) is 6.91. The maximum Gasteiger partial charge on any atom is 0.0629 e. The molecule has 1 atom stereocenters. The number of hydrogen-bond donors (Lipinski definition) is 2. The number of nitrogens with two attached hydrogens (primary N) is 1. The molecule has 1 aromatic heterocycles. The molecular weight excluding hydrogens is 190 g/mol. The Hall–Kier alpha value is -0.870. The van der Waals surface area contributed by atoms with Gasteiger partial charge in [0.1, 0.15) is 0 Å². The summed E-state index contributed by atoms with van der Waals surface area (Å²) in [6.45, 7) is 8.82. The average Bonchev–Trinajstić information content (AvgIpc) is 2.45. The summed E-state index contributed by atoms with van der Waals surface area (Å²) < 4.78 is 1.97. The summed E-state index contributed by atoms with van der Waals surface area (Å²) in [4.78, 5) is 0. The fourth-order valence-corrected chi connectivity index (χ4v) is 1.76. The van der Waals surface area contributed by atoms with Crippen LogP contribution in [0.15, 0.2) is 0 Å². The van der Waals surface area contributed by atoms with Crippen molar-refractivity contribution in [1.29, 1.82) is 0 Å². The monoisotopic (exact) mass is 211 g/mol. The second-order valence-electron chi connectivity index (χ2n) is 4.45. The van der Waals surface area contributed by atoms with Crippen molar-refractivity contribution in [3.05, 3.63) is 17.0 Å². The van der Waals surface area contributed by atoms with Gasteiger partial charge in [-0.1, -0.05) is 0 Å². The van der Waals surface area contributed by atoms with E-state index < -0.39 is 5.54 Å². The van der Waals surface area contributed by atoms with Gasteiger partial charge in [0, 0.05) is 17.8 Å². The van der Waals surface area contributed by atoms with E-state index in [-0.39, 0.29) is 6.61 Å². The maximum atomic E-state index is 9.15. The Morgan fingerprint density at radius 3 is 2.47 bits per heavy atom. The molecular formula is C11H21N3O. The summed E-state index contributed by atoms with van der Waals surface area (Å²) in [6.07, 6.45) is 0.668. The minimum atomic E-state index is -0.558. The van der Waals surface area contributed by atoms with Gasteiger partial charge >= 0.3 is 0 Å². The zero-order valence-electron chi connectivity index (χ0n) is 10.0. The van der Waals surface area contributed by atoms with Crippen molar-refractivity contribution in [3.8, 4) is 0 Å². The van der Waals surface area contributed by atoms with E-state index in [0.717, 1.165) is 23.5 Å². The lowest BCUT2D eigenvalue weighted by molar-refractivity contribution is 0.208. The topological polar surface area (TPSA) is 64.1 Å². The molecule has 3 N–H and O–H groups in total. The summed E-state index contributed by atoms with van der Waals surface area (Å²) >= 11 is 0. The van der Waals surface area contributed by atoms with Crippen LogP contribution in [0.5, 0.6) is 0 Å². The summed E-state index contributed by atoms with van der Waals surface area (Å²) in [5.41, 5.74) is 8.72. The number of aliphatic hydroxyl groups excluding tert-OH is 1. The Balaban J connectivity index is 2.99. The fraction of sp³-hybridized carbons (Fsp3) is 0.727. The third kappa shape index (κ3) is 2.58. The number of aryl methyl sites for hydroxylation is 2. The molecule has 0 aliphatic carbocycles. The molecule has 1 rings (SSSR count). The van der Waals surface area contributed by atoms with Gasteiger partial charge in [-0.2, -0.15) is 5.10 Å². The first-order valence-electron chi connectivity index (χ1n) is 5.34. The van der Waals surface area contributed by atoms with Gasteiger partial charge < -0.3 is 10.8 Å². The lowest BCUT2D eigenvalue weighted by Gasteiger charge is -2.21. The molecule has 0 amide bonds. The summed E-state index contributed by atoms with van der Waals surface area (Å²) in [6, 6.07) is 0. The van der Waals surface area contributed by atoms with Crippen molar-refractivity contribution in [2.75, 3.05) is 6.61 Å². The average molecular weight is 211 g/mol. The standard InChI is InChI=1S/C11H21N3O/c1-5-14-9(3)10(8(2)13-14)6-11(4,12)7-15/h15H,5-7,12H2,1-4H3. The van der Waals surface area contributed by atoms with Gasteiger partial charge in [-0.15, -0.1) is 0 Å². The van der Waals surface area contributed by atoms with Crippen LogP contribution in [-0.2, 0) is 13.0 Å². The molecule has 1 heterocycles. The number of hydrogen-bond acceptors (Lipinski definition) is 3. The van der Waals surface area contributed by atoms with Crippen LogP contribution < -0.4 is 5.73 Å². The van der Waals surface area contributed by atoms with Crippen molar-refractivity contribution in [3.63, 3.8) is 0 Å². The zero-order valence-corrected chi connectivity index (χ0v) is 10.0. The van der Waals surface area contributed by atoms with Gasteiger partial charge in [-0.3, -0.25) is 4.68 Å². The fourth-order valence-electron chi connectivity index (χ4n) is 1.76. The molecule has 0 saturated heterocycles. The molecule has 1 aromatic rings. The van der Waals surface area contributed by atoms with Crippen molar-refractivity contribution in [2.24, 2.45) is 5.73 Å². The van der Waals surface area contributed by atoms with Crippen LogP contribution in [0.1, 0.15) is 30.8 Å². The highest BCUT2D eigenvalue weighted by molar-refractivity contribution is 5.26. The number of nitrogens with zero attached hydrogens (tertiary/aromatic N) is 2. The Labute approximate surface area is 91.1 Å². The second-order valence-corrected chi connectivity index (χ2v) is 4.45. The van der Waals surface area contributed by atoms with E-state index in [1.807, 2.05) is 25.5 Å². The lowest BCUT2D eigenvalue weighted by Crippen LogP contribution is -2.42. The Bertz CT molecular complexity index is 342. The molecule has 0 spiro atoms. The van der Waals surface area contributed by atoms with Crippen LogP contribution in [0.25, 0.3) is 0 Å². The van der Waals surface area contributed by atoms with Gasteiger partial charge in [0.25, 0.3) is 0 Å². The first kappa shape index (κ1) is 12.2. The highest BCUT2D eigenvalue weighted by atomic mass is 16.3. The number of rotatable bonds is 4. The Morgan fingerprint density at radius 1 is 1.47 bits per heavy atom. The largest absolute Gasteiger partial charge is 0.394 e. The van der Waals surface area contributed by atoms with Crippen LogP contribution in [0.2, 0.25) is 0 Å². The highest BCUT2D eigenvalue weighted by Crippen LogP contribution is 2.18. The van der Waals surface area contributed by atoms with Crippen LogP contribution in [0, 0.1) is 13.8 Å². The van der Waals surface area contributed by atoms with Crippen molar-refractivity contribution in [2.45, 2.75) is 46.2 Å². The lowest BCUT2D eigenvalue weighted by atomic mass is 9.94. The molecule has 4 heteroatoms. The van der Waals surface area contributed by atoms with Crippen LogP contribution >= 0.6 is 0 Å². The van der Waals surface area contributed by atoms with Crippen molar-refractivity contribution in [1.82, 2.24) is 9.78 Å². The minimum Gasteiger partial charge on any atom is -0.394 e. The van der Waals surface area contributed by atoms with Gasteiger partial charge in [0.05, 0.1) is 12.3 Å². The minimum absolute atomic E-state index is 0.0107. The molecule has 0 bridgehead atoms. The van der Waals surface area contributed by atoms with E-state index in [0.29, 0.717) is 6.42 Å². The Kier molecular flexibility index (Phi) is 3.52. The van der Waals surface area contributed by atoms with Gasteiger partial charge in [-0.05, 0) is 39.7 Å². The van der Waals surface area contributed by atoms with Crippen molar-refractivity contribution < 1.29 is 5.11 Å². The first-order valence-corrected chi connectivity index (χ1v) is 5.34. The highest BCUT2D eigenvalue weighted by Gasteiger charge is 2.22. The summed E-state index contributed by atoms with van der Waals surface area (Å²) in [7, 11) is 0. The number of aliphatic hydroxyl groups is 1. The molecule has 0 fully saturated rings. The second kappa shape index (κ2) is 4.33. The predicted octanol–water partition coefficient (Wildman–Crippen LogP) is 0.772. The van der Waals surface area contributed by atoms with E-state index in [2.05, 4.69) is 12.0 Å². The summed E-state index contributed by atoms with van der Waals surface area (Å²) in [5.74, 6) is 0. The normalized spacial score (nSPS) is 15.3. The van der Waals surface area contributed by atoms with E-state index in [1.165, 1.54) is 0 Å². The third-order valence-corrected chi connectivity index (χ3v) is 2.77. The molecule has 1 unspecified atom stereocenters. The smallest absolute Gasteiger partial charge is 0.0629 e. The molecule has 15 heavy (non-hydrogen) atoms.